The molecule has 2 aromatic heterocycles. The quantitative estimate of drug-likeness (QED) is 0.947. The summed E-state index contributed by atoms with van der Waals surface area (Å²) in [6.45, 7) is 3.73. The number of fused-ring (bicyclic) bond motifs is 1. The fourth-order valence-electron chi connectivity index (χ4n) is 2.76. The van der Waals surface area contributed by atoms with E-state index in [4.69, 9.17) is 0 Å². The molecule has 6 heteroatoms. The van der Waals surface area contributed by atoms with Gasteiger partial charge in [0.25, 0.3) is 0 Å². The summed E-state index contributed by atoms with van der Waals surface area (Å²) in [5.74, 6) is 1.65. The molecule has 3 rings (SSSR count). The van der Waals surface area contributed by atoms with E-state index in [1.165, 1.54) is 0 Å². The van der Waals surface area contributed by atoms with Gasteiger partial charge in [-0.3, -0.25) is 0 Å². The van der Waals surface area contributed by atoms with Gasteiger partial charge < -0.3 is 14.8 Å². The minimum Gasteiger partial charge on any atom is -0.335 e. The van der Waals surface area contributed by atoms with Crippen molar-refractivity contribution >= 4 is 23.1 Å². The summed E-state index contributed by atoms with van der Waals surface area (Å²) in [5.41, 5.74) is 2.03. The van der Waals surface area contributed by atoms with Crippen molar-refractivity contribution in [1.29, 1.82) is 0 Å². The topological polar surface area (TPSA) is 50.2 Å². The Balaban J connectivity index is 1.56. The van der Waals surface area contributed by atoms with E-state index in [9.17, 15) is 4.79 Å². The summed E-state index contributed by atoms with van der Waals surface area (Å²) in [4.78, 5) is 18.3. The smallest absolute Gasteiger partial charge is 0.321 e. The molecule has 0 aromatic carbocycles. The van der Waals surface area contributed by atoms with Gasteiger partial charge in [0, 0.05) is 44.3 Å². The number of urea groups is 1. The highest BCUT2D eigenvalue weighted by Crippen LogP contribution is 2.21. The Bertz CT molecular complexity index is 633. The van der Waals surface area contributed by atoms with E-state index in [0.717, 1.165) is 43.0 Å². The molecular weight excluding hydrogens is 284 g/mol. The van der Waals surface area contributed by atoms with Crippen LogP contribution in [0, 0.1) is 12.8 Å². The van der Waals surface area contributed by atoms with Crippen LogP contribution in [0.2, 0.25) is 0 Å². The Morgan fingerprint density at radius 2 is 2.43 bits per heavy atom. The minimum absolute atomic E-state index is 0.0343. The number of nitrogens with one attached hydrogen (secondary N) is 1. The number of thiophene rings is 1. The van der Waals surface area contributed by atoms with Crippen LogP contribution in [0.3, 0.4) is 0 Å². The van der Waals surface area contributed by atoms with Crippen molar-refractivity contribution in [3.8, 4) is 0 Å². The molecule has 0 aliphatic carbocycles. The van der Waals surface area contributed by atoms with E-state index in [1.807, 2.05) is 37.1 Å². The van der Waals surface area contributed by atoms with E-state index in [0.29, 0.717) is 5.92 Å². The molecule has 1 aliphatic rings. The first-order chi connectivity index (χ1) is 10.1. The van der Waals surface area contributed by atoms with Crippen molar-refractivity contribution < 1.29 is 4.79 Å². The van der Waals surface area contributed by atoms with Gasteiger partial charge in [0.2, 0.25) is 0 Å². The fourth-order valence-corrected chi connectivity index (χ4v) is 3.54. The number of amides is 2. The predicted molar refractivity (Wildman–Crippen MR) is 84.7 cm³/mol. The van der Waals surface area contributed by atoms with Gasteiger partial charge in [0.05, 0.1) is 5.69 Å². The number of carbonyl (C=O) groups excluding carboxylic acids is 1. The molecule has 3 heterocycles. The number of aryl methyl sites for hydroxylation is 2. The molecule has 0 spiro atoms. The first-order valence-corrected chi connectivity index (χ1v) is 8.12. The number of hydrogen-bond donors (Lipinski definition) is 1. The second-order valence-electron chi connectivity index (χ2n) is 5.68. The number of aromatic nitrogens is 2. The van der Waals surface area contributed by atoms with Crippen LogP contribution in [0.4, 0.5) is 10.5 Å². The van der Waals surface area contributed by atoms with Crippen molar-refractivity contribution in [2.45, 2.75) is 26.3 Å². The van der Waals surface area contributed by atoms with Crippen LogP contribution in [-0.2, 0) is 13.0 Å². The third-order valence-electron chi connectivity index (χ3n) is 4.01. The molecule has 21 heavy (non-hydrogen) atoms. The second kappa shape index (κ2) is 5.89. The monoisotopic (exact) mass is 304 g/mol. The summed E-state index contributed by atoms with van der Waals surface area (Å²) in [7, 11) is 1.86. The third-order valence-corrected chi connectivity index (χ3v) is 4.87. The maximum atomic E-state index is 12.2. The zero-order valence-corrected chi connectivity index (χ0v) is 13.2. The Hall–Kier alpha value is -1.82. The SMILES string of the molecule is Cc1cscc1NC(=O)N(C)C[C@@H]1CCc2nccn2C1. The van der Waals surface area contributed by atoms with Gasteiger partial charge in [-0.1, -0.05) is 0 Å². The van der Waals surface area contributed by atoms with E-state index in [-0.39, 0.29) is 6.03 Å². The van der Waals surface area contributed by atoms with Gasteiger partial charge in [-0.05, 0) is 30.2 Å². The highest BCUT2D eigenvalue weighted by atomic mass is 32.1. The van der Waals surface area contributed by atoms with Crippen molar-refractivity contribution in [3.05, 3.63) is 34.5 Å². The molecule has 0 bridgehead atoms. The number of nitrogens with zero attached hydrogens (tertiary/aromatic N) is 3. The number of carbonyl (C=O) groups is 1. The molecule has 0 unspecified atom stereocenters. The second-order valence-corrected chi connectivity index (χ2v) is 6.42. The summed E-state index contributed by atoms with van der Waals surface area (Å²) in [6.07, 6.45) is 5.96. The van der Waals surface area contributed by atoms with Gasteiger partial charge in [0.1, 0.15) is 5.82 Å². The standard InChI is InChI=1S/C15H20N4OS/c1-11-9-21-10-13(11)17-15(20)18(2)7-12-3-4-14-16-5-6-19(14)8-12/h5-6,9-10,12H,3-4,7-8H2,1-2H3,(H,17,20)/t12-/m0/s1. The maximum absolute atomic E-state index is 12.2. The zero-order valence-electron chi connectivity index (χ0n) is 12.4. The van der Waals surface area contributed by atoms with Gasteiger partial charge in [-0.15, -0.1) is 11.3 Å². The normalized spacial score (nSPS) is 17.3. The first-order valence-electron chi connectivity index (χ1n) is 7.18. The molecule has 0 fully saturated rings. The van der Waals surface area contributed by atoms with E-state index in [2.05, 4.69) is 14.9 Å². The van der Waals surface area contributed by atoms with Gasteiger partial charge in [-0.2, -0.15) is 0 Å². The average Bonchev–Trinajstić information content (AvgIpc) is 3.07. The summed E-state index contributed by atoms with van der Waals surface area (Å²) in [5, 5.41) is 6.98. The molecule has 5 nitrogen and oxygen atoms in total. The summed E-state index contributed by atoms with van der Waals surface area (Å²) >= 11 is 1.61. The lowest BCUT2D eigenvalue weighted by Crippen LogP contribution is -2.37. The molecule has 2 aromatic rings. The van der Waals surface area contributed by atoms with Crippen molar-refractivity contribution in [2.75, 3.05) is 18.9 Å². The maximum Gasteiger partial charge on any atom is 0.321 e. The number of imidazole rings is 1. The lowest BCUT2D eigenvalue weighted by atomic mass is 9.99. The van der Waals surface area contributed by atoms with Crippen LogP contribution < -0.4 is 5.32 Å². The number of rotatable bonds is 3. The van der Waals surface area contributed by atoms with Crippen LogP contribution in [0.1, 0.15) is 17.8 Å². The van der Waals surface area contributed by atoms with Crippen LogP contribution >= 0.6 is 11.3 Å². The predicted octanol–water partition coefficient (Wildman–Crippen LogP) is 2.98. The van der Waals surface area contributed by atoms with E-state index < -0.39 is 0 Å². The van der Waals surface area contributed by atoms with Crippen LogP contribution in [-0.4, -0.2) is 34.1 Å². The molecule has 1 atom stereocenters. The van der Waals surface area contributed by atoms with E-state index in [1.54, 1.807) is 16.2 Å². The molecule has 1 aliphatic heterocycles. The Morgan fingerprint density at radius 3 is 3.19 bits per heavy atom. The van der Waals surface area contributed by atoms with Gasteiger partial charge in [-0.25, -0.2) is 9.78 Å². The van der Waals surface area contributed by atoms with E-state index >= 15 is 0 Å². The van der Waals surface area contributed by atoms with Crippen molar-refractivity contribution in [1.82, 2.24) is 14.5 Å². The molecule has 1 N–H and O–H groups in total. The minimum atomic E-state index is -0.0343. The largest absolute Gasteiger partial charge is 0.335 e. The molecular formula is C15H20N4OS. The Labute approximate surface area is 128 Å². The first kappa shape index (κ1) is 14.1. The Kier molecular flexibility index (Phi) is 3.96. The molecule has 0 radical (unpaired) electrons. The molecule has 112 valence electrons. The fraction of sp³-hybridized carbons (Fsp3) is 0.467. The highest BCUT2D eigenvalue weighted by molar-refractivity contribution is 7.08. The van der Waals surface area contributed by atoms with Crippen LogP contribution in [0.25, 0.3) is 0 Å². The highest BCUT2D eigenvalue weighted by Gasteiger charge is 2.22. The van der Waals surface area contributed by atoms with Gasteiger partial charge in [0.15, 0.2) is 0 Å². The average molecular weight is 304 g/mol. The van der Waals surface area contributed by atoms with Crippen LogP contribution in [0.15, 0.2) is 23.2 Å². The summed E-state index contributed by atoms with van der Waals surface area (Å²) in [6, 6.07) is -0.0343. The van der Waals surface area contributed by atoms with Gasteiger partial charge >= 0.3 is 6.03 Å². The zero-order chi connectivity index (χ0) is 14.8. The number of hydrogen-bond acceptors (Lipinski definition) is 3. The lowest BCUT2D eigenvalue weighted by molar-refractivity contribution is 0.205. The Morgan fingerprint density at radius 1 is 1.57 bits per heavy atom. The summed E-state index contributed by atoms with van der Waals surface area (Å²) < 4.78 is 2.20. The number of anilines is 1. The molecule has 0 saturated carbocycles. The third kappa shape index (κ3) is 3.10. The van der Waals surface area contributed by atoms with Crippen molar-refractivity contribution in [2.24, 2.45) is 5.92 Å². The van der Waals surface area contributed by atoms with Crippen LogP contribution in [0.5, 0.6) is 0 Å². The molecule has 0 saturated heterocycles. The van der Waals surface area contributed by atoms with Crippen molar-refractivity contribution in [3.63, 3.8) is 0 Å². The lowest BCUT2D eigenvalue weighted by Gasteiger charge is -2.28. The molecule has 2 amide bonds.